The molecule has 1 aromatic carbocycles. The summed E-state index contributed by atoms with van der Waals surface area (Å²) in [5.74, 6) is -0.209. The second kappa shape index (κ2) is 9.91. The van der Waals surface area contributed by atoms with E-state index < -0.39 is 17.7 Å². The Morgan fingerprint density at radius 3 is 2.36 bits per heavy atom. The Morgan fingerprint density at radius 1 is 1.16 bits per heavy atom. The molecular formula is C19H31N3O3. The zero-order chi connectivity index (χ0) is 18.9. The van der Waals surface area contributed by atoms with Gasteiger partial charge < -0.3 is 21.1 Å². The highest BCUT2D eigenvalue weighted by Crippen LogP contribution is 2.10. The fraction of sp³-hybridized carbons (Fsp3) is 0.579. The summed E-state index contributed by atoms with van der Waals surface area (Å²) in [4.78, 5) is 24.5. The zero-order valence-electron chi connectivity index (χ0n) is 15.7. The van der Waals surface area contributed by atoms with E-state index >= 15 is 0 Å². The number of nitrogen functional groups attached to an aromatic ring is 1. The molecule has 0 fully saturated rings. The Bertz CT molecular complexity index is 550. The van der Waals surface area contributed by atoms with Crippen LogP contribution >= 0.6 is 0 Å². The number of unbranched alkanes of at least 4 members (excludes halogenated alkanes) is 2. The first kappa shape index (κ1) is 20.8. The van der Waals surface area contributed by atoms with Crippen LogP contribution in [0.4, 0.5) is 10.5 Å². The molecule has 0 bridgehead atoms. The van der Waals surface area contributed by atoms with Crippen molar-refractivity contribution in [2.75, 3.05) is 12.3 Å². The molecule has 0 aliphatic heterocycles. The van der Waals surface area contributed by atoms with E-state index in [1.165, 1.54) is 0 Å². The molecule has 6 nitrogen and oxygen atoms in total. The summed E-state index contributed by atoms with van der Waals surface area (Å²) < 4.78 is 5.27. The maximum absolute atomic E-state index is 12.5. The summed E-state index contributed by atoms with van der Waals surface area (Å²) in [7, 11) is 0. The molecule has 0 spiro atoms. The zero-order valence-corrected chi connectivity index (χ0v) is 15.7. The Labute approximate surface area is 150 Å². The number of alkyl carbamates (subject to hydrolysis) is 1. The van der Waals surface area contributed by atoms with Crippen LogP contribution in [-0.4, -0.2) is 30.2 Å². The molecule has 1 atom stereocenters. The van der Waals surface area contributed by atoms with Crippen LogP contribution in [0.5, 0.6) is 0 Å². The Hall–Kier alpha value is -2.24. The van der Waals surface area contributed by atoms with E-state index in [-0.39, 0.29) is 5.91 Å². The number of hydrogen-bond donors (Lipinski definition) is 3. The van der Waals surface area contributed by atoms with Gasteiger partial charge in [-0.1, -0.05) is 31.9 Å². The van der Waals surface area contributed by atoms with Crippen molar-refractivity contribution in [3.63, 3.8) is 0 Å². The fourth-order valence-corrected chi connectivity index (χ4v) is 2.26. The summed E-state index contributed by atoms with van der Waals surface area (Å²) in [6.07, 6.45) is 2.84. The number of hydrogen-bond acceptors (Lipinski definition) is 4. The predicted octanol–water partition coefficient (Wildman–Crippen LogP) is 3.01. The minimum atomic E-state index is -0.694. The number of carbonyl (C=O) groups is 2. The number of nitrogens with one attached hydrogen (secondary N) is 2. The van der Waals surface area contributed by atoms with Crippen molar-refractivity contribution in [2.45, 2.75) is 65.0 Å². The Morgan fingerprint density at radius 2 is 1.80 bits per heavy atom. The van der Waals surface area contributed by atoms with Crippen molar-refractivity contribution in [2.24, 2.45) is 0 Å². The highest BCUT2D eigenvalue weighted by Gasteiger charge is 2.24. The highest BCUT2D eigenvalue weighted by molar-refractivity contribution is 5.86. The van der Waals surface area contributed by atoms with Crippen molar-refractivity contribution in [3.8, 4) is 0 Å². The average Bonchev–Trinajstić information content (AvgIpc) is 2.51. The third-order valence-corrected chi connectivity index (χ3v) is 3.51. The van der Waals surface area contributed by atoms with E-state index in [2.05, 4.69) is 17.6 Å². The molecule has 4 N–H and O–H groups in total. The van der Waals surface area contributed by atoms with E-state index in [9.17, 15) is 9.59 Å². The van der Waals surface area contributed by atoms with Gasteiger partial charge in [-0.15, -0.1) is 0 Å². The molecule has 1 unspecified atom stereocenters. The van der Waals surface area contributed by atoms with Crippen LogP contribution in [0, 0.1) is 0 Å². The van der Waals surface area contributed by atoms with Gasteiger partial charge in [0, 0.05) is 18.7 Å². The van der Waals surface area contributed by atoms with Crippen molar-refractivity contribution in [1.82, 2.24) is 10.6 Å². The molecular weight excluding hydrogens is 318 g/mol. The van der Waals surface area contributed by atoms with E-state index in [1.807, 2.05) is 12.1 Å². The lowest BCUT2D eigenvalue weighted by atomic mass is 10.0. The minimum Gasteiger partial charge on any atom is -0.444 e. The monoisotopic (exact) mass is 349 g/mol. The molecule has 0 saturated heterocycles. The topological polar surface area (TPSA) is 93.5 Å². The van der Waals surface area contributed by atoms with Crippen LogP contribution in [0.25, 0.3) is 0 Å². The number of nitrogens with two attached hydrogens (primary N) is 1. The van der Waals surface area contributed by atoms with E-state index in [0.29, 0.717) is 18.7 Å². The summed E-state index contributed by atoms with van der Waals surface area (Å²) >= 11 is 0. The third-order valence-electron chi connectivity index (χ3n) is 3.51. The first-order chi connectivity index (χ1) is 11.7. The minimum absolute atomic E-state index is 0.209. The molecule has 25 heavy (non-hydrogen) atoms. The maximum Gasteiger partial charge on any atom is 0.408 e. The molecule has 6 heteroatoms. The van der Waals surface area contributed by atoms with Crippen molar-refractivity contribution >= 4 is 17.7 Å². The summed E-state index contributed by atoms with van der Waals surface area (Å²) in [6.45, 7) is 8.06. The average molecular weight is 349 g/mol. The molecule has 0 aliphatic carbocycles. The molecule has 0 radical (unpaired) electrons. The van der Waals surface area contributed by atoms with Gasteiger partial charge in [-0.05, 0) is 44.9 Å². The quantitative estimate of drug-likeness (QED) is 0.497. The predicted molar refractivity (Wildman–Crippen MR) is 100 cm³/mol. The molecule has 0 heterocycles. The van der Waals surface area contributed by atoms with Crippen LogP contribution in [0.1, 0.15) is 52.5 Å². The number of ether oxygens (including phenoxy) is 1. The maximum atomic E-state index is 12.5. The number of carbonyl (C=O) groups excluding carboxylic acids is 2. The third kappa shape index (κ3) is 8.98. The van der Waals surface area contributed by atoms with Gasteiger partial charge in [-0.25, -0.2) is 4.79 Å². The molecule has 2 amide bonds. The Kier molecular flexibility index (Phi) is 8.25. The molecule has 1 aromatic rings. The van der Waals surface area contributed by atoms with E-state index in [0.717, 1.165) is 24.8 Å². The van der Waals surface area contributed by atoms with Crippen molar-refractivity contribution in [1.29, 1.82) is 0 Å². The second-order valence-corrected chi connectivity index (χ2v) is 7.14. The van der Waals surface area contributed by atoms with Gasteiger partial charge in [0.05, 0.1) is 0 Å². The lowest BCUT2D eigenvalue weighted by Crippen LogP contribution is -2.49. The van der Waals surface area contributed by atoms with Crippen LogP contribution in [0.2, 0.25) is 0 Å². The van der Waals surface area contributed by atoms with E-state index in [1.54, 1.807) is 32.9 Å². The molecule has 0 aromatic heterocycles. The first-order valence-electron chi connectivity index (χ1n) is 8.83. The lowest BCUT2D eigenvalue weighted by molar-refractivity contribution is -0.123. The number of amides is 2. The van der Waals surface area contributed by atoms with Crippen LogP contribution in [-0.2, 0) is 16.0 Å². The summed E-state index contributed by atoms with van der Waals surface area (Å²) in [5.41, 5.74) is 6.65. The van der Waals surface area contributed by atoms with Crippen molar-refractivity contribution < 1.29 is 14.3 Å². The fourth-order valence-electron chi connectivity index (χ4n) is 2.26. The smallest absolute Gasteiger partial charge is 0.408 e. The van der Waals surface area contributed by atoms with Gasteiger partial charge in [-0.3, -0.25) is 4.79 Å². The second-order valence-electron chi connectivity index (χ2n) is 7.14. The SMILES string of the molecule is CCCCCNC(=O)C(Cc1ccc(N)cc1)NC(=O)OC(C)(C)C. The first-order valence-corrected chi connectivity index (χ1v) is 8.83. The van der Waals surface area contributed by atoms with Gasteiger partial charge in [-0.2, -0.15) is 0 Å². The van der Waals surface area contributed by atoms with Crippen LogP contribution in [0.3, 0.4) is 0 Å². The molecule has 140 valence electrons. The molecule has 0 aliphatic rings. The van der Waals surface area contributed by atoms with Gasteiger partial charge in [0.1, 0.15) is 11.6 Å². The largest absolute Gasteiger partial charge is 0.444 e. The van der Waals surface area contributed by atoms with Gasteiger partial charge in [0.25, 0.3) is 0 Å². The highest BCUT2D eigenvalue weighted by atomic mass is 16.6. The molecule has 1 rings (SSSR count). The van der Waals surface area contributed by atoms with Gasteiger partial charge in [0.15, 0.2) is 0 Å². The van der Waals surface area contributed by atoms with Gasteiger partial charge in [0.2, 0.25) is 5.91 Å². The van der Waals surface area contributed by atoms with Crippen LogP contribution in [0.15, 0.2) is 24.3 Å². The number of rotatable bonds is 8. The Balaban J connectivity index is 2.72. The molecule has 0 saturated carbocycles. The normalized spacial score (nSPS) is 12.3. The standard InChI is InChI=1S/C19H31N3O3/c1-5-6-7-12-21-17(23)16(22-18(24)25-19(2,3)4)13-14-8-10-15(20)11-9-14/h8-11,16H,5-7,12-13,20H2,1-4H3,(H,21,23)(H,22,24). The lowest BCUT2D eigenvalue weighted by Gasteiger charge is -2.23. The number of benzene rings is 1. The van der Waals surface area contributed by atoms with Crippen molar-refractivity contribution in [3.05, 3.63) is 29.8 Å². The van der Waals surface area contributed by atoms with E-state index in [4.69, 9.17) is 10.5 Å². The van der Waals surface area contributed by atoms with Crippen LogP contribution < -0.4 is 16.4 Å². The van der Waals surface area contributed by atoms with Gasteiger partial charge >= 0.3 is 6.09 Å². The summed E-state index contributed by atoms with van der Waals surface area (Å²) in [5, 5.41) is 5.56. The number of anilines is 1. The summed E-state index contributed by atoms with van der Waals surface area (Å²) in [6, 6.07) is 6.56.